The maximum absolute atomic E-state index is 13.8. The van der Waals surface area contributed by atoms with Crippen molar-refractivity contribution in [2.75, 3.05) is 0 Å². The Kier molecular flexibility index (Phi) is 8.06. The molecular formula is C27H34F5O8S-. The number of carbonyl (C=O) groups is 4. The average Bonchev–Trinajstić information content (AvgIpc) is 3.19. The van der Waals surface area contributed by atoms with Crippen LogP contribution in [0.25, 0.3) is 0 Å². The molecule has 41 heavy (non-hydrogen) atoms. The lowest BCUT2D eigenvalue weighted by molar-refractivity contribution is -0.259. The second-order valence-electron chi connectivity index (χ2n) is 12.9. The molecule has 232 valence electrons. The Hall–Kier alpha value is -1.96. The summed E-state index contributed by atoms with van der Waals surface area (Å²) in [5.74, 6) is -3.35. The predicted molar refractivity (Wildman–Crippen MR) is 130 cm³/mol. The van der Waals surface area contributed by atoms with Crippen LogP contribution in [0.5, 0.6) is 0 Å². The molecule has 4 aliphatic rings. The van der Waals surface area contributed by atoms with Gasteiger partial charge in [-0.3, -0.25) is 19.2 Å². The number of esters is 1. The summed E-state index contributed by atoms with van der Waals surface area (Å²) in [7, 11) is -6.79. The maximum atomic E-state index is 13.8. The Morgan fingerprint density at radius 1 is 1.05 bits per heavy atom. The first kappa shape index (κ1) is 32.0. The second-order valence-corrected chi connectivity index (χ2v) is 14.3. The summed E-state index contributed by atoms with van der Waals surface area (Å²) in [6.45, 7) is 5.53. The highest BCUT2D eigenvalue weighted by Gasteiger charge is 2.66. The summed E-state index contributed by atoms with van der Waals surface area (Å²) in [5, 5.41) is -5.92. The van der Waals surface area contributed by atoms with Gasteiger partial charge in [-0.05, 0) is 60.7 Å². The van der Waals surface area contributed by atoms with Crippen LogP contribution in [-0.2, 0) is 34.0 Å². The molecule has 0 bridgehead atoms. The minimum atomic E-state index is -6.79. The maximum Gasteiger partial charge on any atom is 0.432 e. The fraction of sp³-hybridized carbons (Fsp3) is 0.852. The van der Waals surface area contributed by atoms with Crippen LogP contribution in [-0.4, -0.2) is 53.8 Å². The van der Waals surface area contributed by atoms with E-state index in [1.807, 2.05) is 0 Å². The van der Waals surface area contributed by atoms with Crippen molar-refractivity contribution in [1.29, 1.82) is 0 Å². The number of Topliss-reactive ketones (excluding diaryl/α,β-unsaturated/α-hetero) is 3. The van der Waals surface area contributed by atoms with Crippen LogP contribution in [0.4, 0.5) is 22.0 Å². The monoisotopic (exact) mass is 613 g/mol. The van der Waals surface area contributed by atoms with Gasteiger partial charge in [-0.15, -0.1) is 0 Å². The highest BCUT2D eigenvalue weighted by molar-refractivity contribution is 7.86. The lowest BCUT2D eigenvalue weighted by Gasteiger charge is -2.58. The zero-order valence-corrected chi connectivity index (χ0v) is 23.8. The Morgan fingerprint density at radius 2 is 1.68 bits per heavy atom. The molecule has 8 nitrogen and oxygen atoms in total. The van der Waals surface area contributed by atoms with Gasteiger partial charge in [0, 0.05) is 43.4 Å². The van der Waals surface area contributed by atoms with Gasteiger partial charge in [-0.25, -0.2) is 8.42 Å². The largest absolute Gasteiger partial charge is 0.743 e. The third kappa shape index (κ3) is 5.25. The lowest BCUT2D eigenvalue weighted by Crippen LogP contribution is -2.60. The standard InChI is InChI=1S/C27H35F5O8S/c1-13(4-7-21(36)40-23(26(28,29)30)27(31,32)41(37,38)39)16-5-6-17-22-18(12-20(35)25(16,17)3)24(2)9-8-15(33)10-14(24)11-19(22)34/h13-14,16-18,22-23H,4-12H2,1-3H3,(H,37,38,39)/p-1/t13?,14-,16+,17+,18+,22-,23?,24-,25+/m1/s1. The molecule has 4 aliphatic carbocycles. The van der Waals surface area contributed by atoms with Crippen LogP contribution in [0.1, 0.15) is 78.6 Å². The summed E-state index contributed by atoms with van der Waals surface area (Å²) in [6, 6.07) is 0. The molecule has 0 aliphatic heterocycles. The Labute approximate surface area is 234 Å². The highest BCUT2D eigenvalue weighted by atomic mass is 32.2. The van der Waals surface area contributed by atoms with Crippen LogP contribution in [0.2, 0.25) is 0 Å². The fourth-order valence-electron chi connectivity index (χ4n) is 8.58. The van der Waals surface area contributed by atoms with Crippen molar-refractivity contribution in [1.82, 2.24) is 0 Å². The minimum Gasteiger partial charge on any atom is -0.743 e. The van der Waals surface area contributed by atoms with Gasteiger partial charge in [0.1, 0.15) is 17.3 Å². The molecule has 0 aromatic heterocycles. The van der Waals surface area contributed by atoms with Crippen LogP contribution >= 0.6 is 0 Å². The number of carbonyl (C=O) groups excluding carboxylic acids is 4. The third-order valence-electron chi connectivity index (χ3n) is 10.9. The van der Waals surface area contributed by atoms with E-state index in [0.29, 0.717) is 32.1 Å². The van der Waals surface area contributed by atoms with Crippen molar-refractivity contribution in [2.24, 2.45) is 46.3 Å². The average molecular weight is 614 g/mol. The second kappa shape index (κ2) is 10.3. The zero-order chi connectivity index (χ0) is 30.9. The van der Waals surface area contributed by atoms with E-state index in [0.717, 1.165) is 0 Å². The van der Waals surface area contributed by atoms with E-state index in [1.54, 1.807) is 13.8 Å². The van der Waals surface area contributed by atoms with Gasteiger partial charge in [0.05, 0.1) is 0 Å². The summed E-state index contributed by atoms with van der Waals surface area (Å²) in [6.07, 6.45) is -8.53. The molecule has 0 amide bonds. The van der Waals surface area contributed by atoms with E-state index in [2.05, 4.69) is 11.7 Å². The summed E-state index contributed by atoms with van der Waals surface area (Å²) in [4.78, 5) is 51.5. The van der Waals surface area contributed by atoms with E-state index < -0.39 is 51.4 Å². The number of halogens is 5. The van der Waals surface area contributed by atoms with Gasteiger partial charge in [-0.1, -0.05) is 20.8 Å². The molecule has 9 atom stereocenters. The van der Waals surface area contributed by atoms with Crippen LogP contribution in [0.15, 0.2) is 0 Å². The predicted octanol–water partition coefficient (Wildman–Crippen LogP) is 4.60. The van der Waals surface area contributed by atoms with Crippen molar-refractivity contribution >= 4 is 33.4 Å². The summed E-state index contributed by atoms with van der Waals surface area (Å²) in [5.41, 5.74) is -1.25. The molecule has 0 radical (unpaired) electrons. The molecule has 0 heterocycles. The smallest absolute Gasteiger partial charge is 0.432 e. The van der Waals surface area contributed by atoms with Crippen LogP contribution < -0.4 is 0 Å². The lowest BCUT2D eigenvalue weighted by atomic mass is 9.44. The molecule has 0 aromatic rings. The molecule has 4 rings (SSSR count). The van der Waals surface area contributed by atoms with E-state index >= 15 is 0 Å². The van der Waals surface area contributed by atoms with Gasteiger partial charge < -0.3 is 9.29 Å². The molecule has 2 unspecified atom stereocenters. The van der Waals surface area contributed by atoms with Gasteiger partial charge >= 0.3 is 17.4 Å². The van der Waals surface area contributed by atoms with E-state index in [4.69, 9.17) is 0 Å². The molecule has 4 saturated carbocycles. The van der Waals surface area contributed by atoms with Gasteiger partial charge in [0.15, 0.2) is 10.1 Å². The Bertz CT molecular complexity index is 1230. The molecule has 14 heteroatoms. The van der Waals surface area contributed by atoms with Crippen molar-refractivity contribution in [3.05, 3.63) is 0 Å². The molecule has 4 fully saturated rings. The number of hydrogen-bond acceptors (Lipinski definition) is 8. The quantitative estimate of drug-likeness (QED) is 0.231. The molecule has 0 saturated heterocycles. The van der Waals surface area contributed by atoms with Gasteiger partial charge in [0.25, 0.3) is 6.10 Å². The number of ketones is 3. The zero-order valence-electron chi connectivity index (χ0n) is 23.0. The first-order valence-electron chi connectivity index (χ1n) is 13.8. The van der Waals surface area contributed by atoms with E-state index in [9.17, 15) is 54.1 Å². The SMILES string of the molecule is CC(CCC(=O)OC(C(F)(F)F)C(F)(F)S(=O)(=O)[O-])[C@@H]1CC[C@H]2[C@H]3C(=O)C[C@H]4CC(=O)CC[C@@]4(C)[C@H]3CC(=O)[C@@]12C. The Morgan fingerprint density at radius 3 is 2.27 bits per heavy atom. The molecule has 0 N–H and O–H groups in total. The normalized spacial score (nSPS) is 37.6. The van der Waals surface area contributed by atoms with Gasteiger partial charge in [-0.2, -0.15) is 22.0 Å². The number of alkyl halides is 5. The fourth-order valence-corrected chi connectivity index (χ4v) is 9.03. The third-order valence-corrected chi connectivity index (χ3v) is 11.8. The van der Waals surface area contributed by atoms with Crippen molar-refractivity contribution in [2.45, 2.75) is 96.1 Å². The van der Waals surface area contributed by atoms with Crippen LogP contribution in [0.3, 0.4) is 0 Å². The highest BCUT2D eigenvalue weighted by Crippen LogP contribution is 2.66. The first-order chi connectivity index (χ1) is 18.7. The topological polar surface area (TPSA) is 135 Å². The first-order valence-corrected chi connectivity index (χ1v) is 15.2. The minimum absolute atomic E-state index is 0.0373. The van der Waals surface area contributed by atoms with Crippen molar-refractivity contribution in [3.63, 3.8) is 0 Å². The van der Waals surface area contributed by atoms with E-state index in [-0.39, 0.29) is 71.6 Å². The number of ether oxygens (including phenoxy) is 1. The number of fused-ring (bicyclic) bond motifs is 5. The number of rotatable bonds is 7. The van der Waals surface area contributed by atoms with E-state index in [1.165, 1.54) is 0 Å². The Balaban J connectivity index is 1.47. The van der Waals surface area contributed by atoms with Gasteiger partial charge in [0.2, 0.25) is 0 Å². The molecule has 0 spiro atoms. The van der Waals surface area contributed by atoms with Crippen molar-refractivity contribution in [3.8, 4) is 0 Å². The number of hydrogen-bond donors (Lipinski definition) is 0. The summed E-state index contributed by atoms with van der Waals surface area (Å²) >= 11 is 0. The summed E-state index contributed by atoms with van der Waals surface area (Å²) < 4.78 is 103. The molecular weight excluding hydrogens is 579 g/mol. The van der Waals surface area contributed by atoms with Crippen molar-refractivity contribution < 1.29 is 58.8 Å². The van der Waals surface area contributed by atoms with Crippen LogP contribution in [0, 0.1) is 46.3 Å². The molecule has 0 aromatic carbocycles.